The van der Waals surface area contributed by atoms with Crippen molar-refractivity contribution in [2.45, 2.75) is 40.3 Å². The second-order valence-corrected chi connectivity index (χ2v) is 6.40. The predicted molar refractivity (Wildman–Crippen MR) is 72.1 cm³/mol. The molecule has 1 aliphatic rings. The molecule has 2 rings (SSSR count). The summed E-state index contributed by atoms with van der Waals surface area (Å²) in [5, 5.41) is 7.13. The molecule has 1 fully saturated rings. The fourth-order valence-electron chi connectivity index (χ4n) is 2.60. The number of hydrogen-bond acceptors (Lipinski definition) is 4. The van der Waals surface area contributed by atoms with Gasteiger partial charge in [-0.25, -0.2) is 0 Å². The molecule has 102 valence electrons. The zero-order valence-corrected chi connectivity index (χ0v) is 12.0. The van der Waals surface area contributed by atoms with Crippen LogP contribution in [0.1, 0.15) is 38.6 Å². The molecule has 0 bridgehead atoms. The van der Waals surface area contributed by atoms with Gasteiger partial charge in [0.25, 0.3) is 0 Å². The van der Waals surface area contributed by atoms with Crippen LogP contribution < -0.4 is 5.32 Å². The molecule has 0 saturated carbocycles. The second kappa shape index (κ2) is 5.41. The van der Waals surface area contributed by atoms with Crippen molar-refractivity contribution in [1.29, 1.82) is 0 Å². The van der Waals surface area contributed by atoms with E-state index in [0.29, 0.717) is 5.41 Å². The SMILES string of the molecule is CNCc1cc(CN2CCC(C(C)(C)C)C2)on1. The van der Waals surface area contributed by atoms with Gasteiger partial charge >= 0.3 is 0 Å². The molecule has 1 saturated heterocycles. The summed E-state index contributed by atoms with van der Waals surface area (Å²) in [5.74, 6) is 1.77. The molecule has 1 aromatic rings. The van der Waals surface area contributed by atoms with Gasteiger partial charge in [0, 0.05) is 19.2 Å². The standard InChI is InChI=1S/C14H25N3O/c1-14(2,3)11-5-6-17(9-11)10-13-7-12(8-15-4)16-18-13/h7,11,15H,5-6,8-10H2,1-4H3. The van der Waals surface area contributed by atoms with Gasteiger partial charge in [-0.3, -0.25) is 4.90 Å². The summed E-state index contributed by atoms with van der Waals surface area (Å²) in [6.45, 7) is 11.0. The van der Waals surface area contributed by atoms with Gasteiger partial charge in [-0.2, -0.15) is 0 Å². The lowest BCUT2D eigenvalue weighted by Gasteiger charge is -2.26. The third-order valence-corrected chi connectivity index (χ3v) is 3.84. The molecule has 0 aromatic carbocycles. The molecule has 1 unspecified atom stereocenters. The number of likely N-dealkylation sites (tertiary alicyclic amines) is 1. The first-order valence-electron chi connectivity index (χ1n) is 6.80. The summed E-state index contributed by atoms with van der Waals surface area (Å²) < 4.78 is 5.37. The highest BCUT2D eigenvalue weighted by molar-refractivity contribution is 5.05. The fraction of sp³-hybridized carbons (Fsp3) is 0.786. The first-order valence-corrected chi connectivity index (χ1v) is 6.80. The van der Waals surface area contributed by atoms with Crippen molar-refractivity contribution in [3.63, 3.8) is 0 Å². The van der Waals surface area contributed by atoms with Crippen LogP contribution in [-0.2, 0) is 13.1 Å². The Morgan fingerprint density at radius 1 is 1.50 bits per heavy atom. The van der Waals surface area contributed by atoms with Crippen LogP contribution >= 0.6 is 0 Å². The molecule has 2 heterocycles. The summed E-state index contributed by atoms with van der Waals surface area (Å²) in [6, 6.07) is 2.06. The lowest BCUT2D eigenvalue weighted by molar-refractivity contribution is 0.214. The van der Waals surface area contributed by atoms with E-state index < -0.39 is 0 Å². The molecule has 1 aromatic heterocycles. The number of aromatic nitrogens is 1. The Balaban J connectivity index is 1.87. The van der Waals surface area contributed by atoms with E-state index >= 15 is 0 Å². The highest BCUT2D eigenvalue weighted by Crippen LogP contribution is 2.34. The summed E-state index contributed by atoms with van der Waals surface area (Å²) in [5.41, 5.74) is 1.40. The lowest BCUT2D eigenvalue weighted by Crippen LogP contribution is -2.25. The monoisotopic (exact) mass is 251 g/mol. The molecule has 4 nitrogen and oxygen atoms in total. The maximum Gasteiger partial charge on any atom is 0.151 e. The van der Waals surface area contributed by atoms with Gasteiger partial charge in [-0.1, -0.05) is 25.9 Å². The number of hydrogen-bond donors (Lipinski definition) is 1. The smallest absolute Gasteiger partial charge is 0.151 e. The Bertz CT molecular complexity index is 381. The molecular formula is C14H25N3O. The Morgan fingerprint density at radius 2 is 2.28 bits per heavy atom. The Kier molecular flexibility index (Phi) is 4.07. The van der Waals surface area contributed by atoms with E-state index in [0.717, 1.165) is 30.5 Å². The predicted octanol–water partition coefficient (Wildman–Crippen LogP) is 2.26. The topological polar surface area (TPSA) is 41.3 Å². The van der Waals surface area contributed by atoms with Crippen LogP contribution in [-0.4, -0.2) is 30.2 Å². The number of nitrogens with zero attached hydrogens (tertiary/aromatic N) is 2. The van der Waals surface area contributed by atoms with E-state index in [1.807, 2.05) is 7.05 Å². The van der Waals surface area contributed by atoms with Crippen LogP contribution in [0.15, 0.2) is 10.6 Å². The number of nitrogens with one attached hydrogen (secondary N) is 1. The van der Waals surface area contributed by atoms with Crippen molar-refractivity contribution in [2.24, 2.45) is 11.3 Å². The van der Waals surface area contributed by atoms with Gasteiger partial charge in [0.15, 0.2) is 5.76 Å². The maximum absolute atomic E-state index is 5.37. The number of rotatable bonds is 4. The molecule has 1 aliphatic heterocycles. The Labute approximate surface area is 110 Å². The Morgan fingerprint density at radius 3 is 2.89 bits per heavy atom. The fourth-order valence-corrected chi connectivity index (χ4v) is 2.60. The highest BCUT2D eigenvalue weighted by atomic mass is 16.5. The molecule has 4 heteroatoms. The summed E-state index contributed by atoms with van der Waals surface area (Å²) in [4.78, 5) is 2.47. The normalized spacial score (nSPS) is 21.7. The highest BCUT2D eigenvalue weighted by Gasteiger charge is 2.31. The van der Waals surface area contributed by atoms with Gasteiger partial charge in [-0.15, -0.1) is 0 Å². The second-order valence-electron chi connectivity index (χ2n) is 6.40. The average molecular weight is 251 g/mol. The molecule has 0 spiro atoms. The molecule has 0 radical (unpaired) electrons. The minimum atomic E-state index is 0.410. The van der Waals surface area contributed by atoms with Gasteiger partial charge in [0.2, 0.25) is 0 Å². The van der Waals surface area contributed by atoms with Gasteiger partial charge < -0.3 is 9.84 Å². The molecule has 0 amide bonds. The van der Waals surface area contributed by atoms with Crippen molar-refractivity contribution < 1.29 is 4.52 Å². The zero-order valence-electron chi connectivity index (χ0n) is 12.0. The third kappa shape index (κ3) is 3.33. The maximum atomic E-state index is 5.37. The Hall–Kier alpha value is -0.870. The van der Waals surface area contributed by atoms with Gasteiger partial charge in [-0.05, 0) is 31.3 Å². The van der Waals surface area contributed by atoms with Crippen LogP contribution in [0.25, 0.3) is 0 Å². The van der Waals surface area contributed by atoms with E-state index in [1.165, 1.54) is 19.5 Å². The van der Waals surface area contributed by atoms with Crippen LogP contribution in [0.5, 0.6) is 0 Å². The third-order valence-electron chi connectivity index (χ3n) is 3.84. The quantitative estimate of drug-likeness (QED) is 0.891. The first kappa shape index (κ1) is 13.6. The average Bonchev–Trinajstić information content (AvgIpc) is 2.88. The molecule has 0 aliphatic carbocycles. The van der Waals surface area contributed by atoms with Crippen LogP contribution in [0.2, 0.25) is 0 Å². The summed E-state index contributed by atoms with van der Waals surface area (Å²) in [7, 11) is 1.92. The van der Waals surface area contributed by atoms with E-state index in [2.05, 4.69) is 42.2 Å². The van der Waals surface area contributed by atoms with Gasteiger partial charge in [0.05, 0.1) is 12.2 Å². The van der Waals surface area contributed by atoms with E-state index in [1.54, 1.807) is 0 Å². The van der Waals surface area contributed by atoms with Crippen molar-refractivity contribution in [2.75, 3.05) is 20.1 Å². The molecular weight excluding hydrogens is 226 g/mol. The molecule has 18 heavy (non-hydrogen) atoms. The van der Waals surface area contributed by atoms with Crippen LogP contribution in [0, 0.1) is 11.3 Å². The van der Waals surface area contributed by atoms with Crippen molar-refractivity contribution >= 4 is 0 Å². The zero-order chi connectivity index (χ0) is 13.2. The first-order chi connectivity index (χ1) is 8.49. The van der Waals surface area contributed by atoms with E-state index in [9.17, 15) is 0 Å². The lowest BCUT2D eigenvalue weighted by atomic mass is 9.80. The minimum absolute atomic E-state index is 0.410. The molecule has 1 N–H and O–H groups in total. The van der Waals surface area contributed by atoms with Gasteiger partial charge in [0.1, 0.15) is 0 Å². The van der Waals surface area contributed by atoms with Crippen molar-refractivity contribution in [3.05, 3.63) is 17.5 Å². The minimum Gasteiger partial charge on any atom is -0.360 e. The van der Waals surface area contributed by atoms with Crippen molar-refractivity contribution in [3.8, 4) is 0 Å². The van der Waals surface area contributed by atoms with Crippen LogP contribution in [0.3, 0.4) is 0 Å². The largest absolute Gasteiger partial charge is 0.360 e. The van der Waals surface area contributed by atoms with E-state index in [4.69, 9.17) is 4.52 Å². The molecule has 1 atom stereocenters. The van der Waals surface area contributed by atoms with E-state index in [-0.39, 0.29) is 0 Å². The summed E-state index contributed by atoms with van der Waals surface area (Å²) in [6.07, 6.45) is 1.29. The summed E-state index contributed by atoms with van der Waals surface area (Å²) >= 11 is 0. The van der Waals surface area contributed by atoms with Crippen LogP contribution in [0.4, 0.5) is 0 Å². The van der Waals surface area contributed by atoms with Crippen molar-refractivity contribution in [1.82, 2.24) is 15.4 Å².